The van der Waals surface area contributed by atoms with Gasteiger partial charge in [-0.2, -0.15) is 0 Å². The Morgan fingerprint density at radius 1 is 1.44 bits per heavy atom. The molecule has 1 saturated heterocycles. The summed E-state index contributed by atoms with van der Waals surface area (Å²) in [4.78, 5) is 11.0. The number of aliphatic hydroxyl groups is 3. The van der Waals surface area contributed by atoms with Gasteiger partial charge >= 0.3 is 0 Å². The van der Waals surface area contributed by atoms with Crippen molar-refractivity contribution in [3.63, 3.8) is 0 Å². The maximum absolute atomic E-state index is 11.0. The van der Waals surface area contributed by atoms with Crippen LogP contribution in [-0.2, 0) is 14.3 Å². The van der Waals surface area contributed by atoms with Gasteiger partial charge in [0.25, 0.3) is 0 Å². The van der Waals surface area contributed by atoms with Crippen molar-refractivity contribution in [2.24, 2.45) is 5.73 Å². The third-order valence-corrected chi connectivity index (χ3v) is 2.65. The molecule has 1 aliphatic heterocycles. The van der Waals surface area contributed by atoms with Gasteiger partial charge in [-0.1, -0.05) is 0 Å². The fourth-order valence-electron chi connectivity index (χ4n) is 1.80. The Labute approximate surface area is 105 Å². The van der Waals surface area contributed by atoms with E-state index >= 15 is 0 Å². The second-order valence-corrected chi connectivity index (χ2v) is 4.09. The van der Waals surface area contributed by atoms with Crippen molar-refractivity contribution in [1.82, 2.24) is 5.32 Å². The van der Waals surface area contributed by atoms with E-state index in [0.717, 1.165) is 0 Å². The molecule has 5 atom stereocenters. The summed E-state index contributed by atoms with van der Waals surface area (Å²) in [6.07, 6.45) is -4.52. The zero-order valence-corrected chi connectivity index (χ0v) is 10.2. The van der Waals surface area contributed by atoms with Crippen LogP contribution in [0.15, 0.2) is 0 Å². The highest BCUT2D eigenvalue weighted by Gasteiger charge is 2.45. The van der Waals surface area contributed by atoms with Crippen molar-refractivity contribution in [2.45, 2.75) is 37.6 Å². The molecule has 18 heavy (non-hydrogen) atoms. The second-order valence-electron chi connectivity index (χ2n) is 4.09. The van der Waals surface area contributed by atoms with E-state index in [2.05, 4.69) is 5.32 Å². The van der Waals surface area contributed by atoms with Gasteiger partial charge in [-0.15, -0.1) is 0 Å². The number of carbonyl (C=O) groups excluding carboxylic acids is 1. The van der Waals surface area contributed by atoms with E-state index in [4.69, 9.17) is 20.3 Å². The van der Waals surface area contributed by atoms with Gasteiger partial charge < -0.3 is 35.8 Å². The number of amides is 1. The Morgan fingerprint density at radius 3 is 2.61 bits per heavy atom. The number of nitrogens with one attached hydrogen (secondary N) is 1. The molecule has 106 valence electrons. The molecule has 0 aromatic heterocycles. The average molecular weight is 264 g/mol. The third-order valence-electron chi connectivity index (χ3n) is 2.65. The minimum atomic E-state index is -1.30. The molecule has 1 amide bonds. The van der Waals surface area contributed by atoms with Crippen molar-refractivity contribution < 1.29 is 29.6 Å². The minimum absolute atomic E-state index is 0.168. The number of hydrogen-bond acceptors (Lipinski definition) is 7. The first-order valence-electron chi connectivity index (χ1n) is 5.72. The molecule has 8 heteroatoms. The van der Waals surface area contributed by atoms with Gasteiger partial charge in [-0.3, -0.25) is 4.79 Å². The molecule has 0 aliphatic carbocycles. The van der Waals surface area contributed by atoms with E-state index in [1.54, 1.807) is 0 Å². The fourth-order valence-corrected chi connectivity index (χ4v) is 1.80. The predicted molar refractivity (Wildman–Crippen MR) is 60.4 cm³/mol. The normalized spacial score (nSPS) is 36.4. The molecular weight excluding hydrogens is 244 g/mol. The third kappa shape index (κ3) is 3.61. The Kier molecular flexibility index (Phi) is 5.93. The smallest absolute Gasteiger partial charge is 0.217 e. The van der Waals surface area contributed by atoms with Crippen molar-refractivity contribution in [1.29, 1.82) is 0 Å². The molecule has 1 fully saturated rings. The largest absolute Gasteiger partial charge is 0.394 e. The molecule has 8 nitrogen and oxygen atoms in total. The summed E-state index contributed by atoms with van der Waals surface area (Å²) < 4.78 is 10.5. The Hall–Kier alpha value is -0.770. The van der Waals surface area contributed by atoms with E-state index in [0.29, 0.717) is 0 Å². The van der Waals surface area contributed by atoms with Crippen molar-refractivity contribution in [3.05, 3.63) is 0 Å². The lowest BCUT2D eigenvalue weighted by atomic mass is 9.97. The maximum atomic E-state index is 11.0. The number of nitrogens with two attached hydrogens (primary N) is 1. The summed E-state index contributed by atoms with van der Waals surface area (Å²) in [6, 6.07) is -0.910. The number of rotatable bonds is 5. The standard InChI is InChI=1S/C10H20N2O6/c1-5(14)12-7-9(16)8(15)6(4-13)18-10(7)17-3-2-11/h6-10,13,15-16H,2-4,11H2,1H3,(H,12,14)/t6?,7-,8?,9-,10-/m0/s1. The monoisotopic (exact) mass is 264 g/mol. The molecule has 6 N–H and O–H groups in total. The van der Waals surface area contributed by atoms with Gasteiger partial charge in [0, 0.05) is 13.5 Å². The molecule has 0 saturated carbocycles. The van der Waals surface area contributed by atoms with Gasteiger partial charge in [-0.05, 0) is 0 Å². The molecular formula is C10H20N2O6. The quantitative estimate of drug-likeness (QED) is 0.355. The molecule has 0 spiro atoms. The first kappa shape index (κ1) is 15.3. The van der Waals surface area contributed by atoms with Crippen molar-refractivity contribution >= 4 is 5.91 Å². The zero-order chi connectivity index (χ0) is 13.7. The van der Waals surface area contributed by atoms with Crippen LogP contribution >= 0.6 is 0 Å². The summed E-state index contributed by atoms with van der Waals surface area (Å²) in [6.45, 7) is 1.22. The van der Waals surface area contributed by atoms with Crippen LogP contribution in [-0.4, -0.2) is 71.6 Å². The van der Waals surface area contributed by atoms with E-state index in [9.17, 15) is 15.0 Å². The fraction of sp³-hybridized carbons (Fsp3) is 0.900. The van der Waals surface area contributed by atoms with E-state index in [1.165, 1.54) is 6.92 Å². The Morgan fingerprint density at radius 2 is 2.11 bits per heavy atom. The van der Waals surface area contributed by atoms with Gasteiger partial charge in [0.15, 0.2) is 6.29 Å². The molecule has 2 unspecified atom stereocenters. The highest BCUT2D eigenvalue weighted by molar-refractivity contribution is 5.73. The first-order chi connectivity index (χ1) is 8.51. The lowest BCUT2D eigenvalue weighted by Gasteiger charge is -2.42. The SMILES string of the molecule is CC(=O)N[C@@H]1[C@@H](OCCN)OC(CO)C(O)[C@H]1O. The Bertz CT molecular complexity index is 277. The first-order valence-corrected chi connectivity index (χ1v) is 5.72. The minimum Gasteiger partial charge on any atom is -0.394 e. The zero-order valence-electron chi connectivity index (χ0n) is 10.2. The van der Waals surface area contributed by atoms with Crippen LogP contribution < -0.4 is 11.1 Å². The highest BCUT2D eigenvalue weighted by atomic mass is 16.7. The Balaban J connectivity index is 2.76. The van der Waals surface area contributed by atoms with Gasteiger partial charge in [0.2, 0.25) is 5.91 Å². The summed E-state index contributed by atoms with van der Waals surface area (Å²) >= 11 is 0. The topological polar surface area (TPSA) is 134 Å². The molecule has 1 rings (SSSR count). The van der Waals surface area contributed by atoms with Crippen LogP contribution in [0.1, 0.15) is 6.92 Å². The average Bonchev–Trinajstić information content (AvgIpc) is 2.33. The van der Waals surface area contributed by atoms with Crippen LogP contribution in [0.25, 0.3) is 0 Å². The molecule has 1 heterocycles. The van der Waals surface area contributed by atoms with Crippen LogP contribution in [0.5, 0.6) is 0 Å². The van der Waals surface area contributed by atoms with E-state index in [1.807, 2.05) is 0 Å². The lowest BCUT2D eigenvalue weighted by Crippen LogP contribution is -2.64. The number of ether oxygens (including phenoxy) is 2. The van der Waals surface area contributed by atoms with E-state index in [-0.39, 0.29) is 13.2 Å². The molecule has 0 bridgehead atoms. The van der Waals surface area contributed by atoms with Gasteiger partial charge in [0.1, 0.15) is 24.4 Å². The summed E-state index contributed by atoms with van der Waals surface area (Å²) in [5.41, 5.74) is 5.29. The maximum Gasteiger partial charge on any atom is 0.217 e. The lowest BCUT2D eigenvalue weighted by molar-refractivity contribution is -0.269. The summed E-state index contributed by atoms with van der Waals surface area (Å²) in [5, 5.41) is 31.1. The summed E-state index contributed by atoms with van der Waals surface area (Å²) in [7, 11) is 0. The molecule has 1 aliphatic rings. The predicted octanol–water partition coefficient (Wildman–Crippen LogP) is -3.09. The van der Waals surface area contributed by atoms with Gasteiger partial charge in [-0.25, -0.2) is 0 Å². The van der Waals surface area contributed by atoms with Crippen LogP contribution in [0.2, 0.25) is 0 Å². The van der Waals surface area contributed by atoms with Crippen molar-refractivity contribution in [3.8, 4) is 0 Å². The summed E-state index contributed by atoms with van der Waals surface area (Å²) in [5.74, 6) is -0.390. The van der Waals surface area contributed by atoms with Crippen LogP contribution in [0.4, 0.5) is 0 Å². The number of carbonyl (C=O) groups is 1. The van der Waals surface area contributed by atoms with Crippen molar-refractivity contribution in [2.75, 3.05) is 19.8 Å². The van der Waals surface area contributed by atoms with Crippen LogP contribution in [0.3, 0.4) is 0 Å². The number of hydrogen-bond donors (Lipinski definition) is 5. The second kappa shape index (κ2) is 6.98. The van der Waals surface area contributed by atoms with E-state index < -0.39 is 43.2 Å². The highest BCUT2D eigenvalue weighted by Crippen LogP contribution is 2.21. The van der Waals surface area contributed by atoms with Gasteiger partial charge in [0.05, 0.1) is 13.2 Å². The molecule has 0 aromatic rings. The molecule has 0 aromatic carbocycles. The van der Waals surface area contributed by atoms with Crippen LogP contribution in [0, 0.1) is 0 Å². The number of aliphatic hydroxyl groups excluding tert-OH is 3. The molecule has 0 radical (unpaired) electrons.